The molecule has 2 unspecified atom stereocenters. The summed E-state index contributed by atoms with van der Waals surface area (Å²) in [4.78, 5) is 11.7. The number of likely N-dealkylation sites (N-methyl/N-ethyl adjacent to an activating group) is 1. The Labute approximate surface area is 197 Å². The predicted octanol–water partition coefficient (Wildman–Crippen LogP) is 2.81. The molecule has 2 saturated heterocycles. The Morgan fingerprint density at radius 3 is 2.67 bits per heavy atom. The zero-order chi connectivity index (χ0) is 20.6. The first-order chi connectivity index (χ1) is 14.0. The first-order valence-electron chi connectivity index (χ1n) is 10.8. The second-order valence-corrected chi connectivity index (χ2v) is 8.22. The third kappa shape index (κ3) is 7.62. The van der Waals surface area contributed by atoms with E-state index >= 15 is 0 Å². The van der Waals surface area contributed by atoms with E-state index in [1.807, 2.05) is 19.2 Å². The van der Waals surface area contributed by atoms with Crippen LogP contribution in [0.15, 0.2) is 29.3 Å². The van der Waals surface area contributed by atoms with Crippen molar-refractivity contribution in [3.05, 3.63) is 35.6 Å². The first kappa shape index (κ1) is 25.3. The summed E-state index contributed by atoms with van der Waals surface area (Å²) in [7, 11) is 4.04. The molecule has 0 bridgehead atoms. The number of hydrogen-bond acceptors (Lipinski definition) is 4. The maximum atomic E-state index is 13.3. The van der Waals surface area contributed by atoms with Gasteiger partial charge in [-0.1, -0.05) is 12.1 Å². The van der Waals surface area contributed by atoms with Gasteiger partial charge in [0, 0.05) is 33.2 Å². The average molecular weight is 533 g/mol. The molecule has 8 heteroatoms. The summed E-state index contributed by atoms with van der Waals surface area (Å²) in [6, 6.07) is 6.61. The highest BCUT2D eigenvalue weighted by Crippen LogP contribution is 2.25. The Hall–Kier alpha value is -0.970. The van der Waals surface area contributed by atoms with Crippen LogP contribution < -0.4 is 5.32 Å². The summed E-state index contributed by atoms with van der Waals surface area (Å²) in [5.74, 6) is 0.700. The number of benzene rings is 1. The largest absolute Gasteiger partial charge is 0.367 e. The predicted molar refractivity (Wildman–Crippen MR) is 131 cm³/mol. The lowest BCUT2D eigenvalue weighted by molar-refractivity contribution is -0.0605. The van der Waals surface area contributed by atoms with Crippen LogP contribution in [0.2, 0.25) is 0 Å². The number of ether oxygens (including phenoxy) is 1. The van der Waals surface area contributed by atoms with E-state index in [-0.39, 0.29) is 42.0 Å². The summed E-state index contributed by atoms with van der Waals surface area (Å²) in [5.41, 5.74) is 1.00. The molecule has 1 aromatic rings. The summed E-state index contributed by atoms with van der Waals surface area (Å²) in [6.07, 6.45) is 2.37. The van der Waals surface area contributed by atoms with Crippen molar-refractivity contribution < 1.29 is 9.13 Å². The van der Waals surface area contributed by atoms with Crippen LogP contribution in [0.3, 0.4) is 0 Å². The van der Waals surface area contributed by atoms with Crippen molar-refractivity contribution in [1.29, 1.82) is 0 Å². The topological polar surface area (TPSA) is 43.3 Å². The monoisotopic (exact) mass is 533 g/mol. The highest BCUT2D eigenvalue weighted by atomic mass is 127. The Kier molecular flexibility index (Phi) is 10.8. The van der Waals surface area contributed by atoms with E-state index in [1.54, 1.807) is 0 Å². The number of guanidine groups is 1. The molecule has 2 aliphatic heterocycles. The molecular weight excluding hydrogens is 496 g/mol. The minimum absolute atomic E-state index is 0. The summed E-state index contributed by atoms with van der Waals surface area (Å²) >= 11 is 0. The number of nitrogens with one attached hydrogen (secondary N) is 1. The molecule has 0 aromatic heterocycles. The molecule has 2 fully saturated rings. The summed E-state index contributed by atoms with van der Waals surface area (Å²) in [5, 5.41) is 3.53. The van der Waals surface area contributed by atoms with Gasteiger partial charge in [0.05, 0.1) is 12.6 Å². The lowest BCUT2D eigenvalue weighted by Gasteiger charge is -2.38. The molecule has 0 saturated carbocycles. The molecule has 0 spiro atoms. The van der Waals surface area contributed by atoms with Gasteiger partial charge in [0.25, 0.3) is 0 Å². The third-order valence-electron chi connectivity index (χ3n) is 5.76. The second kappa shape index (κ2) is 12.8. The van der Waals surface area contributed by atoms with E-state index in [2.05, 4.69) is 39.0 Å². The van der Waals surface area contributed by atoms with Crippen LogP contribution in [-0.4, -0.2) is 93.2 Å². The van der Waals surface area contributed by atoms with Gasteiger partial charge in [0.2, 0.25) is 0 Å². The Bertz CT molecular complexity index is 659. The molecule has 2 heterocycles. The lowest BCUT2D eigenvalue weighted by atomic mass is 10.1. The minimum atomic E-state index is -0.219. The van der Waals surface area contributed by atoms with Gasteiger partial charge in [-0.2, -0.15) is 0 Å². The molecule has 2 atom stereocenters. The fraction of sp³-hybridized carbons (Fsp3) is 0.682. The van der Waals surface area contributed by atoms with E-state index in [0.29, 0.717) is 6.54 Å². The maximum absolute atomic E-state index is 13.3. The van der Waals surface area contributed by atoms with Crippen molar-refractivity contribution in [1.82, 2.24) is 20.0 Å². The lowest BCUT2D eigenvalue weighted by Crippen LogP contribution is -2.51. The smallest absolute Gasteiger partial charge is 0.193 e. The highest BCUT2D eigenvalue weighted by molar-refractivity contribution is 14.0. The highest BCUT2D eigenvalue weighted by Gasteiger charge is 2.28. The van der Waals surface area contributed by atoms with Crippen LogP contribution in [-0.2, 0) is 4.74 Å². The fourth-order valence-corrected chi connectivity index (χ4v) is 4.14. The van der Waals surface area contributed by atoms with Crippen LogP contribution in [0.1, 0.15) is 31.4 Å². The molecular formula is C22H37FIN5O. The standard InChI is InChI=1S/C22H36FN5O.HI/c1-18-16-28(17-21(29-18)19-6-8-20(23)9-7-19)22(24-2)25-10-4-12-27-13-5-11-26(3)14-15-27;/h6-9,18,21H,4-5,10-17H2,1-3H3,(H,24,25);1H. The fourth-order valence-electron chi connectivity index (χ4n) is 4.14. The zero-order valence-corrected chi connectivity index (χ0v) is 20.8. The molecule has 3 rings (SSSR count). The molecule has 0 radical (unpaired) electrons. The molecule has 1 aromatic carbocycles. The van der Waals surface area contributed by atoms with Crippen LogP contribution in [0, 0.1) is 5.82 Å². The number of rotatable bonds is 5. The van der Waals surface area contributed by atoms with Crippen LogP contribution in [0.5, 0.6) is 0 Å². The first-order valence-corrected chi connectivity index (χ1v) is 10.8. The molecule has 0 aliphatic carbocycles. The number of hydrogen-bond donors (Lipinski definition) is 1. The van der Waals surface area contributed by atoms with E-state index in [1.165, 1.54) is 31.6 Å². The van der Waals surface area contributed by atoms with Gasteiger partial charge in [-0.25, -0.2) is 4.39 Å². The van der Waals surface area contributed by atoms with E-state index in [9.17, 15) is 4.39 Å². The van der Waals surface area contributed by atoms with E-state index in [0.717, 1.165) is 50.7 Å². The average Bonchev–Trinajstić information content (AvgIpc) is 2.92. The molecule has 1 N–H and O–H groups in total. The van der Waals surface area contributed by atoms with Crippen LogP contribution >= 0.6 is 24.0 Å². The number of aliphatic imine (C=N–C) groups is 1. The van der Waals surface area contributed by atoms with Gasteiger partial charge in [-0.05, 0) is 64.1 Å². The Morgan fingerprint density at radius 2 is 1.93 bits per heavy atom. The third-order valence-corrected chi connectivity index (χ3v) is 5.76. The number of nitrogens with zero attached hydrogens (tertiary/aromatic N) is 4. The molecule has 0 amide bonds. The van der Waals surface area contributed by atoms with E-state index < -0.39 is 0 Å². The Morgan fingerprint density at radius 1 is 1.17 bits per heavy atom. The summed E-state index contributed by atoms with van der Waals surface area (Å²) in [6.45, 7) is 10.3. The SMILES string of the molecule is CN=C(NCCCN1CCCN(C)CC1)N1CC(C)OC(c2ccc(F)cc2)C1.I. The van der Waals surface area contributed by atoms with Gasteiger partial charge in [-0.3, -0.25) is 4.99 Å². The van der Waals surface area contributed by atoms with Crippen LogP contribution in [0.4, 0.5) is 4.39 Å². The van der Waals surface area contributed by atoms with Crippen molar-refractivity contribution >= 4 is 29.9 Å². The van der Waals surface area contributed by atoms with Crippen molar-refractivity contribution in [2.45, 2.75) is 32.0 Å². The van der Waals surface area contributed by atoms with Gasteiger partial charge in [0.1, 0.15) is 11.9 Å². The van der Waals surface area contributed by atoms with Gasteiger partial charge in [-0.15, -0.1) is 24.0 Å². The molecule has 30 heavy (non-hydrogen) atoms. The molecule has 2 aliphatic rings. The molecule has 170 valence electrons. The summed E-state index contributed by atoms with van der Waals surface area (Å²) < 4.78 is 19.4. The number of halogens is 2. The van der Waals surface area contributed by atoms with Gasteiger partial charge in [0.15, 0.2) is 5.96 Å². The Balaban J connectivity index is 0.00000320. The maximum Gasteiger partial charge on any atom is 0.193 e. The van der Waals surface area contributed by atoms with Crippen LogP contribution in [0.25, 0.3) is 0 Å². The van der Waals surface area contributed by atoms with Crippen molar-refractivity contribution in [2.75, 3.05) is 66.5 Å². The van der Waals surface area contributed by atoms with Crippen molar-refractivity contribution in [2.24, 2.45) is 4.99 Å². The van der Waals surface area contributed by atoms with E-state index in [4.69, 9.17) is 4.74 Å². The quantitative estimate of drug-likeness (QED) is 0.273. The van der Waals surface area contributed by atoms with Gasteiger partial charge >= 0.3 is 0 Å². The normalized spacial score (nSPS) is 24.3. The molecule has 6 nitrogen and oxygen atoms in total. The number of morpholine rings is 1. The minimum Gasteiger partial charge on any atom is -0.367 e. The zero-order valence-electron chi connectivity index (χ0n) is 18.5. The van der Waals surface area contributed by atoms with Crippen molar-refractivity contribution in [3.8, 4) is 0 Å². The second-order valence-electron chi connectivity index (χ2n) is 8.22. The van der Waals surface area contributed by atoms with Crippen molar-refractivity contribution in [3.63, 3.8) is 0 Å². The van der Waals surface area contributed by atoms with Gasteiger partial charge < -0.3 is 24.8 Å².